The van der Waals surface area contributed by atoms with Crippen LogP contribution in [0.25, 0.3) is 0 Å². The van der Waals surface area contributed by atoms with Crippen LogP contribution in [-0.2, 0) is 5.88 Å². The van der Waals surface area contributed by atoms with E-state index in [1.807, 2.05) is 0 Å². The average molecular weight is 317 g/mol. The largest absolute Gasteiger partial charge is 0.370 e. The second-order valence-corrected chi connectivity index (χ2v) is 6.23. The number of anilines is 1. The molecule has 0 bridgehead atoms. The van der Waals surface area contributed by atoms with Crippen molar-refractivity contribution in [3.05, 3.63) is 28.2 Å². The maximum absolute atomic E-state index is 5.84. The van der Waals surface area contributed by atoms with Crippen LogP contribution >= 0.6 is 27.5 Å². The molecule has 0 radical (unpaired) electrons. The fraction of sp³-hybridized carbons (Fsp3) is 0.571. The SMILES string of the molecule is CC1CCN(c2ccc(CCl)cc2Br)CC1C. The minimum absolute atomic E-state index is 0.576. The maximum atomic E-state index is 5.84. The lowest BCUT2D eigenvalue weighted by atomic mass is 9.88. The van der Waals surface area contributed by atoms with Crippen LogP contribution in [0.15, 0.2) is 22.7 Å². The smallest absolute Gasteiger partial charge is 0.0510 e. The van der Waals surface area contributed by atoms with Crippen LogP contribution in [0.4, 0.5) is 5.69 Å². The molecule has 17 heavy (non-hydrogen) atoms. The molecule has 94 valence electrons. The molecule has 1 nitrogen and oxygen atoms in total. The third kappa shape index (κ3) is 2.97. The predicted octanol–water partition coefficient (Wildman–Crippen LogP) is 4.67. The lowest BCUT2D eigenvalue weighted by Crippen LogP contribution is -2.38. The summed E-state index contributed by atoms with van der Waals surface area (Å²) in [6.45, 7) is 7.01. The van der Waals surface area contributed by atoms with Crippen LogP contribution in [-0.4, -0.2) is 13.1 Å². The number of piperidine rings is 1. The number of hydrogen-bond acceptors (Lipinski definition) is 1. The van der Waals surface area contributed by atoms with Crippen LogP contribution in [0.2, 0.25) is 0 Å². The molecule has 1 aliphatic heterocycles. The van der Waals surface area contributed by atoms with E-state index >= 15 is 0 Å². The second kappa shape index (κ2) is 5.62. The summed E-state index contributed by atoms with van der Waals surface area (Å²) in [5.41, 5.74) is 2.47. The molecular weight excluding hydrogens is 298 g/mol. The quantitative estimate of drug-likeness (QED) is 0.717. The highest BCUT2D eigenvalue weighted by Gasteiger charge is 2.23. The lowest BCUT2D eigenvalue weighted by Gasteiger charge is -2.37. The summed E-state index contributed by atoms with van der Waals surface area (Å²) < 4.78 is 1.16. The van der Waals surface area contributed by atoms with Gasteiger partial charge in [-0.2, -0.15) is 0 Å². The van der Waals surface area contributed by atoms with Crippen molar-refractivity contribution in [3.8, 4) is 0 Å². The van der Waals surface area contributed by atoms with E-state index in [0.717, 1.165) is 29.4 Å². The minimum Gasteiger partial charge on any atom is -0.370 e. The van der Waals surface area contributed by atoms with Gasteiger partial charge in [-0.1, -0.05) is 19.9 Å². The van der Waals surface area contributed by atoms with Crippen LogP contribution in [0.5, 0.6) is 0 Å². The van der Waals surface area contributed by atoms with E-state index in [-0.39, 0.29) is 0 Å². The Morgan fingerprint density at radius 3 is 2.71 bits per heavy atom. The van der Waals surface area contributed by atoms with Gasteiger partial charge in [0.25, 0.3) is 0 Å². The maximum Gasteiger partial charge on any atom is 0.0510 e. The van der Waals surface area contributed by atoms with Gasteiger partial charge in [0.05, 0.1) is 5.69 Å². The monoisotopic (exact) mass is 315 g/mol. The van der Waals surface area contributed by atoms with Crippen LogP contribution < -0.4 is 4.90 Å². The van der Waals surface area contributed by atoms with Gasteiger partial charge < -0.3 is 4.90 Å². The first kappa shape index (κ1) is 13.2. The first-order valence-electron chi connectivity index (χ1n) is 6.21. The van der Waals surface area contributed by atoms with Crippen molar-refractivity contribution < 1.29 is 0 Å². The number of halogens is 2. The standard InChI is InChI=1S/C14H19BrClN/c1-10-5-6-17(9-11(10)2)14-4-3-12(8-16)7-13(14)15/h3-4,7,10-11H,5-6,8-9H2,1-2H3. The van der Waals surface area contributed by atoms with Crippen molar-refractivity contribution in [1.29, 1.82) is 0 Å². The van der Waals surface area contributed by atoms with Crippen molar-refractivity contribution in [2.24, 2.45) is 11.8 Å². The molecule has 0 aromatic heterocycles. The van der Waals surface area contributed by atoms with E-state index in [0.29, 0.717) is 5.88 Å². The predicted molar refractivity (Wildman–Crippen MR) is 78.9 cm³/mol. The van der Waals surface area contributed by atoms with Gasteiger partial charge in [-0.05, 0) is 51.9 Å². The summed E-state index contributed by atoms with van der Waals surface area (Å²) in [6.07, 6.45) is 1.28. The van der Waals surface area contributed by atoms with E-state index in [2.05, 4.69) is 52.9 Å². The molecule has 2 atom stereocenters. The van der Waals surface area contributed by atoms with Crippen LogP contribution in [0.1, 0.15) is 25.8 Å². The van der Waals surface area contributed by atoms with Gasteiger partial charge in [-0.15, -0.1) is 11.6 Å². The van der Waals surface area contributed by atoms with E-state index in [1.54, 1.807) is 0 Å². The summed E-state index contributed by atoms with van der Waals surface area (Å²) in [5, 5.41) is 0. The summed E-state index contributed by atoms with van der Waals surface area (Å²) >= 11 is 9.50. The zero-order chi connectivity index (χ0) is 12.4. The highest BCUT2D eigenvalue weighted by Crippen LogP contribution is 2.32. The Labute approximate surface area is 117 Å². The Morgan fingerprint density at radius 1 is 1.35 bits per heavy atom. The molecule has 1 fully saturated rings. The van der Waals surface area contributed by atoms with E-state index < -0.39 is 0 Å². The summed E-state index contributed by atoms with van der Waals surface area (Å²) in [4.78, 5) is 2.48. The van der Waals surface area contributed by atoms with Gasteiger partial charge >= 0.3 is 0 Å². The molecule has 0 amide bonds. The molecule has 0 aliphatic carbocycles. The molecule has 0 N–H and O–H groups in total. The number of nitrogens with zero attached hydrogens (tertiary/aromatic N) is 1. The van der Waals surface area contributed by atoms with Crippen LogP contribution in [0, 0.1) is 11.8 Å². The fourth-order valence-electron chi connectivity index (χ4n) is 2.37. The van der Waals surface area contributed by atoms with E-state index in [4.69, 9.17) is 11.6 Å². The highest BCUT2D eigenvalue weighted by atomic mass is 79.9. The molecule has 2 rings (SSSR count). The Hall–Kier alpha value is -0.210. The topological polar surface area (TPSA) is 3.24 Å². The molecule has 1 heterocycles. The lowest BCUT2D eigenvalue weighted by molar-refractivity contribution is 0.324. The van der Waals surface area contributed by atoms with Gasteiger partial charge in [-0.25, -0.2) is 0 Å². The van der Waals surface area contributed by atoms with Gasteiger partial charge in [0.2, 0.25) is 0 Å². The Morgan fingerprint density at radius 2 is 2.12 bits per heavy atom. The molecule has 1 aromatic rings. The van der Waals surface area contributed by atoms with Crippen molar-refractivity contribution >= 4 is 33.2 Å². The molecule has 1 saturated heterocycles. The summed E-state index contributed by atoms with van der Waals surface area (Å²) in [6, 6.07) is 6.44. The number of alkyl halides is 1. The number of benzene rings is 1. The molecular formula is C14H19BrClN. The van der Waals surface area contributed by atoms with E-state index in [9.17, 15) is 0 Å². The zero-order valence-electron chi connectivity index (χ0n) is 10.4. The number of hydrogen-bond donors (Lipinski definition) is 0. The van der Waals surface area contributed by atoms with Crippen molar-refractivity contribution in [2.45, 2.75) is 26.1 Å². The molecule has 3 heteroatoms. The summed E-state index contributed by atoms with van der Waals surface area (Å²) in [7, 11) is 0. The Bertz CT molecular complexity index is 394. The average Bonchev–Trinajstić information content (AvgIpc) is 2.32. The van der Waals surface area contributed by atoms with Crippen molar-refractivity contribution in [2.75, 3.05) is 18.0 Å². The molecule has 1 aliphatic rings. The van der Waals surface area contributed by atoms with E-state index in [1.165, 1.54) is 17.7 Å². The highest BCUT2D eigenvalue weighted by molar-refractivity contribution is 9.10. The van der Waals surface area contributed by atoms with Gasteiger partial charge in [0.1, 0.15) is 0 Å². The third-order valence-corrected chi connectivity index (χ3v) is 4.78. The number of rotatable bonds is 2. The molecule has 0 spiro atoms. The van der Waals surface area contributed by atoms with Gasteiger partial charge in [0.15, 0.2) is 0 Å². The fourth-order valence-corrected chi connectivity index (χ4v) is 3.21. The summed E-state index contributed by atoms with van der Waals surface area (Å²) in [5.74, 6) is 2.18. The molecule has 0 saturated carbocycles. The Balaban J connectivity index is 2.17. The molecule has 1 aromatic carbocycles. The zero-order valence-corrected chi connectivity index (χ0v) is 12.8. The minimum atomic E-state index is 0.576. The van der Waals surface area contributed by atoms with Gasteiger partial charge in [-0.3, -0.25) is 0 Å². The molecule has 2 unspecified atom stereocenters. The normalized spacial score (nSPS) is 25.1. The Kier molecular flexibility index (Phi) is 4.37. The van der Waals surface area contributed by atoms with Crippen molar-refractivity contribution in [1.82, 2.24) is 0 Å². The first-order chi connectivity index (χ1) is 8.11. The van der Waals surface area contributed by atoms with Crippen molar-refractivity contribution in [3.63, 3.8) is 0 Å². The third-order valence-electron chi connectivity index (χ3n) is 3.84. The van der Waals surface area contributed by atoms with Gasteiger partial charge in [0, 0.05) is 23.4 Å². The van der Waals surface area contributed by atoms with Crippen LogP contribution in [0.3, 0.4) is 0 Å². The second-order valence-electron chi connectivity index (χ2n) is 5.11. The first-order valence-corrected chi connectivity index (χ1v) is 7.54.